The lowest BCUT2D eigenvalue weighted by molar-refractivity contribution is -0.156. The van der Waals surface area contributed by atoms with E-state index in [1.807, 2.05) is 30.3 Å². The fourth-order valence-corrected chi connectivity index (χ4v) is 2.05. The molecule has 1 aromatic carbocycles. The van der Waals surface area contributed by atoms with Gasteiger partial charge in [0.25, 0.3) is 5.91 Å². The highest BCUT2D eigenvalue weighted by molar-refractivity contribution is 5.80. The fraction of sp³-hybridized carbons (Fsp3) is 0.471. The van der Waals surface area contributed by atoms with Crippen LogP contribution >= 0.6 is 0 Å². The highest BCUT2D eigenvalue weighted by atomic mass is 16.7. The third kappa shape index (κ3) is 8.89. The van der Waals surface area contributed by atoms with Crippen LogP contribution in [0.5, 0.6) is 0 Å². The van der Waals surface area contributed by atoms with Crippen LogP contribution in [0.25, 0.3) is 0 Å². The Hall–Kier alpha value is -2.17. The number of carbonyl (C=O) groups excluding carboxylic acids is 3. The number of nitrogens with one attached hydrogen (secondary N) is 1. The van der Waals surface area contributed by atoms with Gasteiger partial charge in [0.15, 0.2) is 0 Å². The standard InChI is InChI=1S/C17H23NO4/c1-14(19)22-18-17(21)12-8-3-2-7-11-16(20)13-15-9-5-4-6-10-15/h4-6,9-10H,2-3,7-8,11-13H2,1H3,(H,18,21). The summed E-state index contributed by atoms with van der Waals surface area (Å²) in [6.45, 7) is 1.23. The number of ketones is 1. The molecule has 0 aliphatic rings. The molecule has 0 aliphatic carbocycles. The molecule has 120 valence electrons. The minimum Gasteiger partial charge on any atom is -0.341 e. The molecule has 1 aromatic rings. The Morgan fingerprint density at radius 2 is 1.59 bits per heavy atom. The van der Waals surface area contributed by atoms with E-state index in [9.17, 15) is 14.4 Å². The van der Waals surface area contributed by atoms with Gasteiger partial charge in [-0.05, 0) is 18.4 Å². The van der Waals surface area contributed by atoms with Crippen molar-refractivity contribution in [3.8, 4) is 0 Å². The number of hydrogen-bond acceptors (Lipinski definition) is 4. The van der Waals surface area contributed by atoms with Gasteiger partial charge in [-0.25, -0.2) is 0 Å². The van der Waals surface area contributed by atoms with E-state index >= 15 is 0 Å². The number of benzene rings is 1. The Bertz CT molecular complexity index is 485. The second-order valence-corrected chi connectivity index (χ2v) is 5.23. The van der Waals surface area contributed by atoms with E-state index < -0.39 is 5.97 Å². The number of carbonyl (C=O) groups is 3. The van der Waals surface area contributed by atoms with E-state index in [-0.39, 0.29) is 11.7 Å². The second-order valence-electron chi connectivity index (χ2n) is 5.23. The average molecular weight is 305 g/mol. The van der Waals surface area contributed by atoms with E-state index in [2.05, 4.69) is 10.3 Å². The lowest BCUT2D eigenvalue weighted by atomic mass is 10.0. The lowest BCUT2D eigenvalue weighted by Crippen LogP contribution is -2.25. The van der Waals surface area contributed by atoms with Crippen LogP contribution < -0.4 is 5.48 Å². The average Bonchev–Trinajstić information content (AvgIpc) is 2.49. The van der Waals surface area contributed by atoms with E-state index in [0.29, 0.717) is 19.3 Å². The predicted molar refractivity (Wildman–Crippen MR) is 82.8 cm³/mol. The van der Waals surface area contributed by atoms with Gasteiger partial charge in [-0.3, -0.25) is 14.4 Å². The first-order valence-corrected chi connectivity index (χ1v) is 7.60. The van der Waals surface area contributed by atoms with Crippen LogP contribution in [-0.4, -0.2) is 17.7 Å². The van der Waals surface area contributed by atoms with Crippen LogP contribution in [-0.2, 0) is 25.6 Å². The summed E-state index contributed by atoms with van der Waals surface area (Å²) in [6.07, 6.45) is 4.76. The van der Waals surface area contributed by atoms with Crippen LogP contribution in [0, 0.1) is 0 Å². The molecule has 0 aromatic heterocycles. The van der Waals surface area contributed by atoms with Gasteiger partial charge in [-0.15, -0.1) is 0 Å². The zero-order valence-corrected chi connectivity index (χ0v) is 13.0. The van der Waals surface area contributed by atoms with Crippen LogP contribution in [0.2, 0.25) is 0 Å². The van der Waals surface area contributed by atoms with Gasteiger partial charge in [0.05, 0.1) is 0 Å². The van der Waals surface area contributed by atoms with Crippen molar-refractivity contribution in [3.63, 3.8) is 0 Å². The van der Waals surface area contributed by atoms with Gasteiger partial charge in [-0.2, -0.15) is 5.48 Å². The Kier molecular flexibility index (Phi) is 8.57. The smallest absolute Gasteiger partial charge is 0.329 e. The highest BCUT2D eigenvalue weighted by Gasteiger charge is 2.05. The topological polar surface area (TPSA) is 72.5 Å². The van der Waals surface area contributed by atoms with Gasteiger partial charge in [0.2, 0.25) is 0 Å². The molecule has 0 unspecified atom stereocenters. The zero-order chi connectivity index (χ0) is 16.2. The summed E-state index contributed by atoms with van der Waals surface area (Å²) in [7, 11) is 0. The largest absolute Gasteiger partial charge is 0.341 e. The molecule has 0 radical (unpaired) electrons. The molecule has 0 fully saturated rings. The van der Waals surface area contributed by atoms with E-state index in [1.54, 1.807) is 0 Å². The monoisotopic (exact) mass is 305 g/mol. The van der Waals surface area contributed by atoms with E-state index in [0.717, 1.165) is 31.2 Å². The van der Waals surface area contributed by atoms with Crippen molar-refractivity contribution in [2.24, 2.45) is 0 Å². The van der Waals surface area contributed by atoms with Crippen molar-refractivity contribution in [2.45, 2.75) is 51.9 Å². The first-order valence-electron chi connectivity index (χ1n) is 7.60. The van der Waals surface area contributed by atoms with E-state index in [4.69, 9.17) is 0 Å². The third-order valence-corrected chi connectivity index (χ3v) is 3.16. The summed E-state index contributed by atoms with van der Waals surface area (Å²) < 4.78 is 0. The third-order valence-electron chi connectivity index (χ3n) is 3.16. The van der Waals surface area contributed by atoms with Crippen LogP contribution in [0.1, 0.15) is 51.0 Å². The molecule has 1 amide bonds. The van der Waals surface area contributed by atoms with Gasteiger partial charge >= 0.3 is 5.97 Å². The first kappa shape index (κ1) is 17.9. The minimum absolute atomic E-state index is 0.249. The second kappa shape index (κ2) is 10.5. The number of unbranched alkanes of at least 4 members (excludes halogenated alkanes) is 3. The number of rotatable bonds is 9. The van der Waals surface area contributed by atoms with Gasteiger partial charge in [-0.1, -0.05) is 43.2 Å². The van der Waals surface area contributed by atoms with Crippen molar-refractivity contribution in [1.82, 2.24) is 5.48 Å². The maximum Gasteiger partial charge on any atom is 0.329 e. The van der Waals surface area contributed by atoms with Crippen molar-refractivity contribution >= 4 is 17.7 Å². The summed E-state index contributed by atoms with van der Waals surface area (Å²) in [5, 5.41) is 0. The number of hydrogen-bond donors (Lipinski definition) is 1. The molecule has 5 heteroatoms. The SMILES string of the molecule is CC(=O)ONC(=O)CCCCCCC(=O)Cc1ccccc1. The molecule has 0 spiro atoms. The highest BCUT2D eigenvalue weighted by Crippen LogP contribution is 2.08. The van der Waals surface area contributed by atoms with Gasteiger partial charge < -0.3 is 4.84 Å². The maximum atomic E-state index is 11.8. The maximum absolute atomic E-state index is 11.8. The first-order chi connectivity index (χ1) is 10.6. The molecule has 1 N–H and O–H groups in total. The van der Waals surface area contributed by atoms with Crippen LogP contribution in [0.15, 0.2) is 30.3 Å². The molecule has 0 atom stereocenters. The molecule has 0 aliphatic heterocycles. The summed E-state index contributed by atoms with van der Waals surface area (Å²) in [5.41, 5.74) is 3.13. The normalized spacial score (nSPS) is 10.0. The summed E-state index contributed by atoms with van der Waals surface area (Å²) in [4.78, 5) is 37.9. The molecule has 1 rings (SSSR count). The van der Waals surface area contributed by atoms with E-state index in [1.165, 1.54) is 6.92 Å². The zero-order valence-electron chi connectivity index (χ0n) is 13.0. The van der Waals surface area contributed by atoms with Crippen molar-refractivity contribution in [1.29, 1.82) is 0 Å². The molecule has 0 heterocycles. The van der Waals surface area contributed by atoms with Crippen molar-refractivity contribution < 1.29 is 19.2 Å². The summed E-state index contributed by atoms with van der Waals surface area (Å²) >= 11 is 0. The quantitative estimate of drug-likeness (QED) is 0.562. The van der Waals surface area contributed by atoms with Crippen molar-refractivity contribution in [2.75, 3.05) is 0 Å². The molecule has 0 saturated carbocycles. The van der Waals surface area contributed by atoms with Crippen LogP contribution in [0.3, 0.4) is 0 Å². The Morgan fingerprint density at radius 3 is 2.23 bits per heavy atom. The Labute approximate surface area is 131 Å². The van der Waals surface area contributed by atoms with Gasteiger partial charge in [0, 0.05) is 26.2 Å². The Morgan fingerprint density at radius 1 is 0.955 bits per heavy atom. The summed E-state index contributed by atoms with van der Waals surface area (Å²) in [6, 6.07) is 9.72. The number of Topliss-reactive ketones (excluding diaryl/α,β-unsaturated/α-hetero) is 1. The van der Waals surface area contributed by atoms with Gasteiger partial charge in [0.1, 0.15) is 5.78 Å². The van der Waals surface area contributed by atoms with Crippen LogP contribution in [0.4, 0.5) is 0 Å². The number of hydroxylamine groups is 1. The molecule has 5 nitrogen and oxygen atoms in total. The lowest BCUT2D eigenvalue weighted by Gasteiger charge is -2.04. The molecule has 0 saturated heterocycles. The number of amides is 1. The molecular formula is C17H23NO4. The Balaban J connectivity index is 2.00. The molecule has 0 bridgehead atoms. The predicted octanol–water partition coefficient (Wildman–Crippen LogP) is 2.73. The minimum atomic E-state index is -0.537. The van der Waals surface area contributed by atoms with Crippen molar-refractivity contribution in [3.05, 3.63) is 35.9 Å². The summed E-state index contributed by atoms with van der Waals surface area (Å²) in [5.74, 6) is -0.584. The fourth-order valence-electron chi connectivity index (χ4n) is 2.05. The molecule has 22 heavy (non-hydrogen) atoms. The molecular weight excluding hydrogens is 282 g/mol.